The van der Waals surface area contributed by atoms with Crippen molar-refractivity contribution in [2.45, 2.75) is 6.04 Å². The van der Waals surface area contributed by atoms with Crippen molar-refractivity contribution in [2.24, 2.45) is 0 Å². The minimum Gasteiger partial charge on any atom is -0.480 e. The highest BCUT2D eigenvalue weighted by Crippen LogP contribution is 2.09. The molecule has 0 saturated heterocycles. The summed E-state index contributed by atoms with van der Waals surface area (Å²) in [5.74, 6) is -2.42. The number of aliphatic carboxylic acids is 1. The van der Waals surface area contributed by atoms with Gasteiger partial charge in [-0.2, -0.15) is 0 Å². The van der Waals surface area contributed by atoms with Crippen molar-refractivity contribution in [3.05, 3.63) is 41.7 Å². The number of carbonyl (C=O) groups excluding carboxylic acids is 1. The zero-order valence-electron chi connectivity index (χ0n) is 10.3. The van der Waals surface area contributed by atoms with E-state index in [0.29, 0.717) is 0 Å². The molecule has 2 N–H and O–H groups in total. The maximum Gasteiger partial charge on any atom is 0.328 e. The molecule has 1 aromatic carbocycles. The molecule has 0 aliphatic carbocycles. The Bertz CT molecular complexity index is 501. The Morgan fingerprint density at radius 1 is 1.42 bits per heavy atom. The summed E-state index contributed by atoms with van der Waals surface area (Å²) in [5.41, 5.74) is 0.222. The Morgan fingerprint density at radius 2 is 2.05 bits per heavy atom. The molecule has 19 heavy (non-hydrogen) atoms. The summed E-state index contributed by atoms with van der Waals surface area (Å²) in [7, 11) is 1.25. The van der Waals surface area contributed by atoms with Crippen molar-refractivity contribution in [1.29, 1.82) is 0 Å². The molecule has 1 amide bonds. The average Bonchev–Trinajstić information content (AvgIpc) is 2.37. The maximum atomic E-state index is 13.3. The third-order valence-electron chi connectivity index (χ3n) is 2.58. The number of rotatable bonds is 5. The molecule has 1 aromatic rings. The Balaban J connectivity index is 2.80. The highest BCUT2D eigenvalue weighted by atomic mass is 19.1. The van der Waals surface area contributed by atoms with Crippen LogP contribution in [0.5, 0.6) is 0 Å². The summed E-state index contributed by atoms with van der Waals surface area (Å²) in [6.45, 7) is -0.689. The van der Waals surface area contributed by atoms with Crippen LogP contribution in [-0.4, -0.2) is 46.7 Å². The third kappa shape index (κ3) is 3.89. The van der Waals surface area contributed by atoms with Crippen molar-refractivity contribution in [2.75, 3.05) is 13.7 Å². The first-order chi connectivity index (χ1) is 8.97. The third-order valence-corrected chi connectivity index (χ3v) is 2.58. The van der Waals surface area contributed by atoms with E-state index in [9.17, 15) is 14.0 Å². The molecular formula is C13H14FNO4. The highest BCUT2D eigenvalue weighted by Gasteiger charge is 2.24. The van der Waals surface area contributed by atoms with E-state index in [-0.39, 0.29) is 5.56 Å². The van der Waals surface area contributed by atoms with Crippen molar-refractivity contribution in [3.8, 4) is 0 Å². The predicted molar refractivity (Wildman–Crippen MR) is 66.7 cm³/mol. The van der Waals surface area contributed by atoms with Crippen LogP contribution >= 0.6 is 0 Å². The van der Waals surface area contributed by atoms with E-state index >= 15 is 0 Å². The first kappa shape index (κ1) is 14.8. The first-order valence-electron chi connectivity index (χ1n) is 5.50. The number of carboxylic acids is 1. The predicted octanol–water partition coefficient (Wildman–Crippen LogP) is 0.743. The second kappa shape index (κ2) is 6.65. The van der Waals surface area contributed by atoms with Crippen molar-refractivity contribution in [3.63, 3.8) is 0 Å². The Labute approximate surface area is 109 Å². The number of likely N-dealkylation sites (N-methyl/N-ethyl adjacent to an activating group) is 1. The smallest absolute Gasteiger partial charge is 0.328 e. The lowest BCUT2D eigenvalue weighted by atomic mass is 10.2. The van der Waals surface area contributed by atoms with Crippen molar-refractivity contribution < 1.29 is 24.2 Å². The molecule has 0 fully saturated rings. The van der Waals surface area contributed by atoms with E-state index in [1.807, 2.05) is 0 Å². The normalized spacial score (nSPS) is 12.4. The molecule has 1 unspecified atom stereocenters. The molecule has 0 spiro atoms. The van der Waals surface area contributed by atoms with Gasteiger partial charge in [-0.05, 0) is 12.1 Å². The molecule has 1 atom stereocenters. The first-order valence-corrected chi connectivity index (χ1v) is 5.50. The Kier molecular flexibility index (Phi) is 5.20. The standard InChI is InChI=1S/C13H14FNO4/c1-15(11(8-16)13(18)19)12(17)7-6-9-4-2-3-5-10(9)14/h2-7,11,16H,8H2,1H3,(H,18,19). The average molecular weight is 267 g/mol. The quantitative estimate of drug-likeness (QED) is 0.771. The number of carbonyl (C=O) groups is 2. The van der Waals surface area contributed by atoms with E-state index in [1.54, 1.807) is 6.07 Å². The van der Waals surface area contributed by atoms with Gasteiger partial charge < -0.3 is 15.1 Å². The molecule has 0 aliphatic heterocycles. The van der Waals surface area contributed by atoms with Crippen LogP contribution in [0.4, 0.5) is 4.39 Å². The number of carboxylic acid groups (broad SMARTS) is 1. The minimum atomic E-state index is -1.32. The van der Waals surface area contributed by atoms with Gasteiger partial charge in [0.2, 0.25) is 5.91 Å². The fraction of sp³-hybridized carbons (Fsp3) is 0.231. The van der Waals surface area contributed by atoms with E-state index < -0.39 is 30.3 Å². The summed E-state index contributed by atoms with van der Waals surface area (Å²) >= 11 is 0. The lowest BCUT2D eigenvalue weighted by Gasteiger charge is -2.21. The second-order valence-electron chi connectivity index (χ2n) is 3.84. The maximum absolute atomic E-state index is 13.3. The van der Waals surface area contributed by atoms with Crippen LogP contribution in [0.2, 0.25) is 0 Å². The molecule has 5 nitrogen and oxygen atoms in total. The van der Waals surface area contributed by atoms with Crippen LogP contribution in [0.15, 0.2) is 30.3 Å². The van der Waals surface area contributed by atoms with Gasteiger partial charge in [-0.15, -0.1) is 0 Å². The number of aliphatic hydroxyl groups is 1. The summed E-state index contributed by atoms with van der Waals surface area (Å²) in [6.07, 6.45) is 2.31. The van der Waals surface area contributed by atoms with Gasteiger partial charge in [0.15, 0.2) is 6.04 Å². The number of benzene rings is 1. The monoisotopic (exact) mass is 267 g/mol. The van der Waals surface area contributed by atoms with Crippen LogP contribution in [0.25, 0.3) is 6.08 Å². The molecule has 102 valence electrons. The number of hydrogen-bond donors (Lipinski definition) is 2. The van der Waals surface area contributed by atoms with Gasteiger partial charge in [0, 0.05) is 18.7 Å². The van der Waals surface area contributed by atoms with Crippen molar-refractivity contribution in [1.82, 2.24) is 4.90 Å². The number of halogens is 1. The SMILES string of the molecule is CN(C(=O)C=Cc1ccccc1F)C(CO)C(=O)O. The van der Waals surface area contributed by atoms with E-state index in [2.05, 4.69) is 0 Å². The van der Waals surface area contributed by atoms with Crippen LogP contribution in [-0.2, 0) is 9.59 Å². The van der Waals surface area contributed by atoms with Crippen LogP contribution in [0.3, 0.4) is 0 Å². The number of aliphatic hydroxyl groups excluding tert-OH is 1. The molecule has 0 saturated carbocycles. The molecule has 0 bridgehead atoms. The number of nitrogens with zero attached hydrogens (tertiary/aromatic N) is 1. The number of hydrogen-bond acceptors (Lipinski definition) is 3. The molecule has 6 heteroatoms. The largest absolute Gasteiger partial charge is 0.480 e. The lowest BCUT2D eigenvalue weighted by molar-refractivity contribution is -0.149. The Hall–Kier alpha value is -2.21. The lowest BCUT2D eigenvalue weighted by Crippen LogP contribution is -2.44. The molecule has 0 aliphatic rings. The van der Waals surface area contributed by atoms with Gasteiger partial charge in [-0.1, -0.05) is 18.2 Å². The fourth-order valence-electron chi connectivity index (χ4n) is 1.41. The van der Waals surface area contributed by atoms with Crippen LogP contribution < -0.4 is 0 Å². The van der Waals surface area contributed by atoms with Gasteiger partial charge in [-0.25, -0.2) is 9.18 Å². The fourth-order valence-corrected chi connectivity index (χ4v) is 1.41. The topological polar surface area (TPSA) is 77.8 Å². The summed E-state index contributed by atoms with van der Waals surface area (Å²) in [6, 6.07) is 4.55. The van der Waals surface area contributed by atoms with Crippen LogP contribution in [0, 0.1) is 5.82 Å². The summed E-state index contributed by atoms with van der Waals surface area (Å²) in [4.78, 5) is 23.3. The van der Waals surface area contributed by atoms with E-state index in [0.717, 1.165) is 11.0 Å². The van der Waals surface area contributed by atoms with Gasteiger partial charge >= 0.3 is 5.97 Å². The highest BCUT2D eigenvalue weighted by molar-refractivity contribution is 5.94. The van der Waals surface area contributed by atoms with Gasteiger partial charge in [-0.3, -0.25) is 4.79 Å². The van der Waals surface area contributed by atoms with Gasteiger partial charge in [0.25, 0.3) is 0 Å². The molecule has 0 radical (unpaired) electrons. The van der Waals surface area contributed by atoms with E-state index in [1.165, 1.54) is 31.3 Å². The van der Waals surface area contributed by atoms with Gasteiger partial charge in [0.1, 0.15) is 5.82 Å². The zero-order chi connectivity index (χ0) is 14.4. The zero-order valence-corrected chi connectivity index (χ0v) is 10.3. The second-order valence-corrected chi connectivity index (χ2v) is 3.84. The molecule has 1 rings (SSSR count). The van der Waals surface area contributed by atoms with Gasteiger partial charge in [0.05, 0.1) is 6.61 Å². The molecule has 0 heterocycles. The summed E-state index contributed by atoms with van der Waals surface area (Å²) in [5, 5.41) is 17.7. The van der Waals surface area contributed by atoms with E-state index in [4.69, 9.17) is 10.2 Å². The van der Waals surface area contributed by atoms with Crippen LogP contribution in [0.1, 0.15) is 5.56 Å². The number of amides is 1. The minimum absolute atomic E-state index is 0.222. The summed E-state index contributed by atoms with van der Waals surface area (Å²) < 4.78 is 13.3. The molecular weight excluding hydrogens is 253 g/mol. The Morgan fingerprint density at radius 3 is 2.58 bits per heavy atom. The molecule has 0 aromatic heterocycles. The van der Waals surface area contributed by atoms with Crippen molar-refractivity contribution >= 4 is 18.0 Å².